The predicted octanol–water partition coefficient (Wildman–Crippen LogP) is 2.75. The Balaban J connectivity index is 2.76. The molecule has 0 spiro atoms. The molecule has 0 aliphatic rings. The van der Waals surface area contributed by atoms with E-state index in [9.17, 15) is 4.79 Å². The average molecular weight is 232 g/mol. The summed E-state index contributed by atoms with van der Waals surface area (Å²) in [7, 11) is 0. The van der Waals surface area contributed by atoms with E-state index < -0.39 is 5.97 Å². The van der Waals surface area contributed by atoms with Crippen molar-refractivity contribution in [2.24, 2.45) is 0 Å². The molecular weight excluding hydrogens is 216 g/mol. The van der Waals surface area contributed by atoms with E-state index in [0.717, 1.165) is 11.1 Å². The molecule has 4 heteroatoms. The Labute approximate surface area is 99.4 Å². The second-order valence-electron chi connectivity index (χ2n) is 5.27. The van der Waals surface area contributed by atoms with Gasteiger partial charge < -0.3 is 15.8 Å². The lowest BCUT2D eigenvalue weighted by molar-refractivity contribution is 0.0699. The van der Waals surface area contributed by atoms with Crippen molar-refractivity contribution in [1.29, 1.82) is 0 Å². The van der Waals surface area contributed by atoms with Crippen LogP contribution in [0.3, 0.4) is 0 Å². The van der Waals surface area contributed by atoms with E-state index in [1.165, 1.54) is 6.07 Å². The average Bonchev–Trinajstić information content (AvgIpc) is 2.58. The molecule has 2 rings (SSSR count). The van der Waals surface area contributed by atoms with Gasteiger partial charge in [-0.15, -0.1) is 0 Å². The fourth-order valence-corrected chi connectivity index (χ4v) is 1.84. The van der Waals surface area contributed by atoms with E-state index in [1.807, 2.05) is 6.07 Å². The highest BCUT2D eigenvalue weighted by atomic mass is 16.4. The molecule has 90 valence electrons. The molecule has 0 fully saturated rings. The van der Waals surface area contributed by atoms with Gasteiger partial charge in [-0.25, -0.2) is 4.79 Å². The maximum atomic E-state index is 11.2. The first-order valence-electron chi connectivity index (χ1n) is 5.45. The first-order valence-corrected chi connectivity index (χ1v) is 5.45. The van der Waals surface area contributed by atoms with Gasteiger partial charge in [0.1, 0.15) is 0 Å². The smallest absolute Gasteiger partial charge is 0.337 e. The molecule has 4 nitrogen and oxygen atoms in total. The van der Waals surface area contributed by atoms with E-state index in [-0.39, 0.29) is 11.0 Å². The number of nitrogens with two attached hydrogens (primary N) is 1. The van der Waals surface area contributed by atoms with Crippen LogP contribution in [0.4, 0.5) is 5.69 Å². The highest BCUT2D eigenvalue weighted by molar-refractivity contribution is 6.04. The molecule has 0 bridgehead atoms. The van der Waals surface area contributed by atoms with Gasteiger partial charge in [0.2, 0.25) is 0 Å². The van der Waals surface area contributed by atoms with Crippen LogP contribution >= 0.6 is 0 Å². The van der Waals surface area contributed by atoms with Crippen molar-refractivity contribution in [3.8, 4) is 0 Å². The molecule has 1 heterocycles. The Hall–Kier alpha value is -1.97. The van der Waals surface area contributed by atoms with Crippen LogP contribution in [0.5, 0.6) is 0 Å². The maximum Gasteiger partial charge on any atom is 0.337 e. The number of anilines is 1. The largest absolute Gasteiger partial charge is 0.478 e. The van der Waals surface area contributed by atoms with Gasteiger partial charge in [-0.05, 0) is 18.2 Å². The number of rotatable bonds is 1. The highest BCUT2D eigenvalue weighted by Crippen LogP contribution is 2.29. The van der Waals surface area contributed by atoms with Crippen molar-refractivity contribution in [3.05, 3.63) is 29.5 Å². The minimum Gasteiger partial charge on any atom is -0.478 e. The minimum atomic E-state index is -0.968. The van der Waals surface area contributed by atoms with Gasteiger partial charge in [-0.3, -0.25) is 0 Å². The molecule has 17 heavy (non-hydrogen) atoms. The number of carboxylic acids is 1. The molecular formula is C13H16N2O2. The van der Waals surface area contributed by atoms with E-state index >= 15 is 0 Å². The lowest BCUT2D eigenvalue weighted by Crippen LogP contribution is -2.11. The lowest BCUT2D eigenvalue weighted by atomic mass is 9.92. The summed E-state index contributed by atoms with van der Waals surface area (Å²) in [6, 6.07) is 5.22. The third-order valence-corrected chi connectivity index (χ3v) is 2.79. The summed E-state index contributed by atoms with van der Waals surface area (Å²) in [5.74, 6) is -0.968. The Kier molecular flexibility index (Phi) is 2.38. The second-order valence-corrected chi connectivity index (χ2v) is 5.27. The number of nitrogens with one attached hydrogen (secondary N) is 1. The molecule has 1 aromatic carbocycles. The van der Waals surface area contributed by atoms with Gasteiger partial charge in [0, 0.05) is 22.2 Å². The van der Waals surface area contributed by atoms with Crippen LogP contribution in [0.1, 0.15) is 36.8 Å². The zero-order valence-electron chi connectivity index (χ0n) is 10.2. The van der Waals surface area contributed by atoms with Gasteiger partial charge in [0.15, 0.2) is 0 Å². The normalized spacial score (nSPS) is 11.9. The van der Waals surface area contributed by atoms with Crippen molar-refractivity contribution in [1.82, 2.24) is 4.98 Å². The van der Waals surface area contributed by atoms with Crippen LogP contribution < -0.4 is 5.73 Å². The van der Waals surface area contributed by atoms with Crippen molar-refractivity contribution in [2.75, 3.05) is 5.73 Å². The van der Waals surface area contributed by atoms with Gasteiger partial charge >= 0.3 is 5.97 Å². The van der Waals surface area contributed by atoms with Crippen LogP contribution in [0.2, 0.25) is 0 Å². The van der Waals surface area contributed by atoms with Crippen molar-refractivity contribution >= 4 is 22.6 Å². The number of aromatic nitrogens is 1. The van der Waals surface area contributed by atoms with E-state index in [2.05, 4.69) is 25.8 Å². The van der Waals surface area contributed by atoms with Crippen LogP contribution in [0.25, 0.3) is 10.9 Å². The van der Waals surface area contributed by atoms with Crippen LogP contribution in [0, 0.1) is 0 Å². The lowest BCUT2D eigenvalue weighted by Gasteiger charge is -2.15. The number of aromatic carboxylic acids is 1. The number of nitrogen functional groups attached to an aromatic ring is 1. The molecule has 0 radical (unpaired) electrons. The van der Waals surface area contributed by atoms with Gasteiger partial charge in [0.05, 0.1) is 11.1 Å². The summed E-state index contributed by atoms with van der Waals surface area (Å²) in [5.41, 5.74) is 7.97. The summed E-state index contributed by atoms with van der Waals surface area (Å²) >= 11 is 0. The highest BCUT2D eigenvalue weighted by Gasteiger charge is 2.19. The maximum absolute atomic E-state index is 11.2. The number of carbonyl (C=O) groups is 1. The van der Waals surface area contributed by atoms with Crippen LogP contribution in [-0.4, -0.2) is 16.1 Å². The molecule has 0 unspecified atom stereocenters. The molecule has 0 aliphatic heterocycles. The van der Waals surface area contributed by atoms with Gasteiger partial charge in [0.25, 0.3) is 0 Å². The zero-order chi connectivity index (χ0) is 12.8. The summed E-state index contributed by atoms with van der Waals surface area (Å²) < 4.78 is 0. The molecule has 0 atom stereocenters. The summed E-state index contributed by atoms with van der Waals surface area (Å²) in [6.07, 6.45) is 0. The van der Waals surface area contributed by atoms with Crippen molar-refractivity contribution < 1.29 is 9.90 Å². The molecule has 0 amide bonds. The third-order valence-electron chi connectivity index (χ3n) is 2.79. The molecule has 0 saturated carbocycles. The quantitative estimate of drug-likeness (QED) is 0.661. The standard InChI is InChI=1S/C13H16N2O2/c1-13(2,3)10-5-7-4-8(14)6-9(12(16)17)11(7)15-10/h4-6,15H,14H2,1-3H3,(H,16,17). The van der Waals surface area contributed by atoms with Crippen LogP contribution in [0.15, 0.2) is 18.2 Å². The molecule has 2 aromatic rings. The summed E-state index contributed by atoms with van der Waals surface area (Å²) in [6.45, 7) is 6.21. The Morgan fingerprint density at radius 2 is 1.94 bits per heavy atom. The number of hydrogen-bond acceptors (Lipinski definition) is 2. The first-order chi connectivity index (χ1) is 7.79. The predicted molar refractivity (Wildman–Crippen MR) is 68.4 cm³/mol. The number of fused-ring (bicyclic) bond motifs is 1. The molecule has 0 saturated heterocycles. The molecule has 4 N–H and O–H groups in total. The fraction of sp³-hybridized carbons (Fsp3) is 0.308. The van der Waals surface area contributed by atoms with Gasteiger partial charge in [-0.1, -0.05) is 20.8 Å². The third kappa shape index (κ3) is 1.98. The fourth-order valence-electron chi connectivity index (χ4n) is 1.84. The number of hydrogen-bond donors (Lipinski definition) is 3. The number of aromatic amines is 1. The van der Waals surface area contributed by atoms with Crippen LogP contribution in [-0.2, 0) is 5.41 Å². The zero-order valence-corrected chi connectivity index (χ0v) is 10.2. The number of H-pyrrole nitrogens is 1. The van der Waals surface area contributed by atoms with Crippen molar-refractivity contribution in [3.63, 3.8) is 0 Å². The Morgan fingerprint density at radius 1 is 1.29 bits per heavy atom. The Morgan fingerprint density at radius 3 is 2.47 bits per heavy atom. The summed E-state index contributed by atoms with van der Waals surface area (Å²) in [5, 5.41) is 9.98. The number of carboxylic acid groups (broad SMARTS) is 1. The Bertz CT molecular complexity index is 591. The second kappa shape index (κ2) is 3.52. The molecule has 1 aromatic heterocycles. The van der Waals surface area contributed by atoms with Gasteiger partial charge in [-0.2, -0.15) is 0 Å². The monoisotopic (exact) mass is 232 g/mol. The SMILES string of the molecule is CC(C)(C)c1cc2cc(N)cc(C(=O)O)c2[nH]1. The van der Waals surface area contributed by atoms with E-state index in [0.29, 0.717) is 11.2 Å². The van der Waals surface area contributed by atoms with E-state index in [1.54, 1.807) is 6.07 Å². The van der Waals surface area contributed by atoms with E-state index in [4.69, 9.17) is 10.8 Å². The molecule has 0 aliphatic carbocycles. The number of benzene rings is 1. The topological polar surface area (TPSA) is 79.1 Å². The summed E-state index contributed by atoms with van der Waals surface area (Å²) in [4.78, 5) is 14.3. The van der Waals surface area contributed by atoms with Crippen molar-refractivity contribution in [2.45, 2.75) is 26.2 Å². The first kappa shape index (κ1) is 11.5. The minimum absolute atomic E-state index is 0.0520.